The summed E-state index contributed by atoms with van der Waals surface area (Å²) < 4.78 is 0. The molecule has 0 saturated carbocycles. The first kappa shape index (κ1) is 18.9. The quantitative estimate of drug-likeness (QED) is 0.670. The smallest absolute Gasteiger partial charge is 0.163 e. The zero-order chi connectivity index (χ0) is 18.1. The summed E-state index contributed by atoms with van der Waals surface area (Å²) in [5.74, 6) is 0.0326. The van der Waals surface area contributed by atoms with Crippen molar-refractivity contribution in [2.24, 2.45) is 0 Å². The number of carbonyl (C=O) groups is 2. The first-order valence-electron chi connectivity index (χ1n) is 8.31. The van der Waals surface area contributed by atoms with Crippen LogP contribution in [0.1, 0.15) is 18.1 Å². The van der Waals surface area contributed by atoms with Crippen LogP contribution in [0.5, 0.6) is 0 Å². The summed E-state index contributed by atoms with van der Waals surface area (Å²) in [7, 11) is 1.76. The van der Waals surface area contributed by atoms with E-state index in [1.165, 1.54) is 6.92 Å². The van der Waals surface area contributed by atoms with Gasteiger partial charge in [-0.25, -0.2) is 0 Å². The molecule has 0 radical (unpaired) electrons. The van der Waals surface area contributed by atoms with Gasteiger partial charge in [-0.2, -0.15) is 0 Å². The van der Waals surface area contributed by atoms with Gasteiger partial charge in [0.1, 0.15) is 5.78 Å². The van der Waals surface area contributed by atoms with Gasteiger partial charge in [-0.05, 0) is 56.1 Å². The predicted octanol–water partition coefficient (Wildman–Crippen LogP) is 0.966. The molecule has 0 spiro atoms. The Bertz CT molecular complexity index is 676. The fourth-order valence-electron chi connectivity index (χ4n) is 2.59. The highest BCUT2D eigenvalue weighted by molar-refractivity contribution is 5.87. The first-order chi connectivity index (χ1) is 12.1. The molecule has 132 valence electrons. The van der Waals surface area contributed by atoms with Crippen molar-refractivity contribution in [2.75, 3.05) is 13.6 Å². The SMILES string of the molecule is CN[C@@H](Cc1cccnc1)C(=O)CN[C@@H](Cc1ccncc1)C(C)=O. The standard InChI is InChI=1S/C19H24N4O2/c1-14(24)17(10-15-5-8-21-9-6-15)23-13-19(25)18(20-2)11-16-4-3-7-22-12-16/h3-9,12,17-18,20,23H,10-11,13H2,1-2H3/t17-,18-/m0/s1. The van der Waals surface area contributed by atoms with Crippen molar-refractivity contribution in [3.05, 3.63) is 60.2 Å². The molecule has 0 aliphatic heterocycles. The Morgan fingerprint density at radius 2 is 1.72 bits per heavy atom. The summed E-state index contributed by atoms with van der Waals surface area (Å²) in [6.07, 6.45) is 7.97. The van der Waals surface area contributed by atoms with Crippen LogP contribution in [0.4, 0.5) is 0 Å². The third kappa shape index (κ3) is 6.17. The highest BCUT2D eigenvalue weighted by Crippen LogP contribution is 2.05. The van der Waals surface area contributed by atoms with Gasteiger partial charge >= 0.3 is 0 Å². The molecule has 2 aromatic rings. The molecule has 2 rings (SSSR count). The van der Waals surface area contributed by atoms with Crippen LogP contribution >= 0.6 is 0 Å². The number of rotatable bonds is 10. The van der Waals surface area contributed by atoms with Crippen molar-refractivity contribution in [1.29, 1.82) is 0 Å². The van der Waals surface area contributed by atoms with E-state index >= 15 is 0 Å². The summed E-state index contributed by atoms with van der Waals surface area (Å²) in [5, 5.41) is 6.14. The van der Waals surface area contributed by atoms with E-state index in [0.717, 1.165) is 11.1 Å². The fourth-order valence-corrected chi connectivity index (χ4v) is 2.59. The Kier molecular flexibility index (Phi) is 7.37. The second-order valence-electron chi connectivity index (χ2n) is 5.98. The molecule has 25 heavy (non-hydrogen) atoms. The van der Waals surface area contributed by atoms with Gasteiger partial charge in [0, 0.05) is 24.8 Å². The van der Waals surface area contributed by atoms with Gasteiger partial charge in [0.05, 0.1) is 18.6 Å². The average Bonchev–Trinajstić information content (AvgIpc) is 2.64. The maximum atomic E-state index is 12.5. The van der Waals surface area contributed by atoms with Gasteiger partial charge in [0.2, 0.25) is 0 Å². The van der Waals surface area contributed by atoms with E-state index in [9.17, 15) is 9.59 Å². The summed E-state index contributed by atoms with van der Waals surface area (Å²) in [4.78, 5) is 32.4. The van der Waals surface area contributed by atoms with E-state index in [1.54, 1.807) is 31.8 Å². The molecule has 0 saturated heterocycles. The third-order valence-corrected chi connectivity index (χ3v) is 4.10. The highest BCUT2D eigenvalue weighted by Gasteiger charge is 2.20. The molecule has 2 heterocycles. The van der Waals surface area contributed by atoms with Crippen LogP contribution in [0.25, 0.3) is 0 Å². The highest BCUT2D eigenvalue weighted by atomic mass is 16.1. The normalized spacial score (nSPS) is 13.2. The molecule has 6 heteroatoms. The number of hydrogen-bond acceptors (Lipinski definition) is 6. The second-order valence-corrected chi connectivity index (χ2v) is 5.98. The average molecular weight is 340 g/mol. The molecule has 2 aromatic heterocycles. The van der Waals surface area contributed by atoms with Crippen LogP contribution in [0.2, 0.25) is 0 Å². The topological polar surface area (TPSA) is 84.0 Å². The number of aromatic nitrogens is 2. The van der Waals surface area contributed by atoms with Crippen LogP contribution in [0, 0.1) is 0 Å². The number of nitrogens with zero attached hydrogens (tertiary/aromatic N) is 2. The van der Waals surface area contributed by atoms with Gasteiger partial charge in [0.25, 0.3) is 0 Å². The Balaban J connectivity index is 1.91. The zero-order valence-corrected chi connectivity index (χ0v) is 14.6. The first-order valence-corrected chi connectivity index (χ1v) is 8.31. The van der Waals surface area contributed by atoms with E-state index in [2.05, 4.69) is 20.6 Å². The number of carbonyl (C=O) groups excluding carboxylic acids is 2. The molecule has 0 aliphatic rings. The van der Waals surface area contributed by atoms with Gasteiger partial charge in [-0.3, -0.25) is 19.6 Å². The van der Waals surface area contributed by atoms with E-state index in [-0.39, 0.29) is 30.2 Å². The minimum atomic E-state index is -0.387. The molecule has 2 N–H and O–H groups in total. The molecular weight excluding hydrogens is 316 g/mol. The van der Waals surface area contributed by atoms with E-state index < -0.39 is 0 Å². The summed E-state index contributed by atoms with van der Waals surface area (Å²) in [6, 6.07) is 6.84. The lowest BCUT2D eigenvalue weighted by atomic mass is 10.0. The lowest BCUT2D eigenvalue weighted by Gasteiger charge is -2.19. The van der Waals surface area contributed by atoms with Gasteiger partial charge in [-0.1, -0.05) is 6.07 Å². The monoisotopic (exact) mass is 340 g/mol. The van der Waals surface area contributed by atoms with Gasteiger partial charge in [-0.15, -0.1) is 0 Å². The number of nitrogens with one attached hydrogen (secondary N) is 2. The van der Waals surface area contributed by atoms with Crippen LogP contribution in [-0.2, 0) is 22.4 Å². The summed E-state index contributed by atoms with van der Waals surface area (Å²) in [6.45, 7) is 1.68. The molecule has 2 atom stereocenters. The van der Waals surface area contributed by atoms with Crippen LogP contribution in [0.3, 0.4) is 0 Å². The zero-order valence-electron chi connectivity index (χ0n) is 14.6. The van der Waals surface area contributed by atoms with E-state index in [4.69, 9.17) is 0 Å². The lowest BCUT2D eigenvalue weighted by molar-refractivity contribution is -0.121. The fraction of sp³-hybridized carbons (Fsp3) is 0.368. The third-order valence-electron chi connectivity index (χ3n) is 4.10. The molecule has 0 unspecified atom stereocenters. The number of ketones is 2. The molecule has 6 nitrogen and oxygen atoms in total. The van der Waals surface area contributed by atoms with Crippen LogP contribution in [0.15, 0.2) is 49.1 Å². The van der Waals surface area contributed by atoms with Crippen LogP contribution < -0.4 is 10.6 Å². The Morgan fingerprint density at radius 1 is 1.00 bits per heavy atom. The molecule has 0 fully saturated rings. The number of pyridine rings is 2. The predicted molar refractivity (Wildman–Crippen MR) is 96.2 cm³/mol. The molecule has 0 bridgehead atoms. The molecule has 0 aromatic carbocycles. The van der Waals surface area contributed by atoms with Crippen molar-refractivity contribution < 1.29 is 9.59 Å². The minimum Gasteiger partial charge on any atom is -0.310 e. The largest absolute Gasteiger partial charge is 0.310 e. The Hall–Kier alpha value is -2.44. The van der Waals surface area contributed by atoms with Crippen molar-refractivity contribution in [3.8, 4) is 0 Å². The van der Waals surface area contributed by atoms with Gasteiger partial charge in [0.15, 0.2) is 5.78 Å². The summed E-state index contributed by atoms with van der Waals surface area (Å²) in [5.41, 5.74) is 2.01. The number of hydrogen-bond donors (Lipinski definition) is 2. The summed E-state index contributed by atoms with van der Waals surface area (Å²) >= 11 is 0. The minimum absolute atomic E-state index is 0.0119. The molecule has 0 amide bonds. The van der Waals surface area contributed by atoms with Gasteiger partial charge < -0.3 is 10.6 Å². The van der Waals surface area contributed by atoms with E-state index in [1.807, 2.05) is 24.3 Å². The van der Waals surface area contributed by atoms with Crippen molar-refractivity contribution in [2.45, 2.75) is 31.8 Å². The van der Waals surface area contributed by atoms with Crippen molar-refractivity contribution in [3.63, 3.8) is 0 Å². The second kappa shape index (κ2) is 9.76. The number of Topliss-reactive ketones (excluding diaryl/α,β-unsaturated/α-hetero) is 2. The Morgan fingerprint density at radius 3 is 2.32 bits per heavy atom. The Labute approximate surface area is 148 Å². The molecular formula is C19H24N4O2. The maximum absolute atomic E-state index is 12.5. The molecule has 0 aliphatic carbocycles. The van der Waals surface area contributed by atoms with E-state index in [0.29, 0.717) is 12.8 Å². The van der Waals surface area contributed by atoms with Crippen molar-refractivity contribution >= 4 is 11.6 Å². The maximum Gasteiger partial charge on any atom is 0.163 e. The number of likely N-dealkylation sites (N-methyl/N-ethyl adjacent to an activating group) is 1. The van der Waals surface area contributed by atoms with Crippen molar-refractivity contribution in [1.82, 2.24) is 20.6 Å². The lowest BCUT2D eigenvalue weighted by Crippen LogP contribution is -2.46. The van der Waals surface area contributed by atoms with Crippen LogP contribution in [-0.4, -0.2) is 47.2 Å².